The Morgan fingerprint density at radius 1 is 1.67 bits per heavy atom. The van der Waals surface area contributed by atoms with Crippen LogP contribution in [0.1, 0.15) is 0 Å². The van der Waals surface area contributed by atoms with E-state index in [1.165, 1.54) is 0 Å². The van der Waals surface area contributed by atoms with Crippen molar-refractivity contribution in [2.75, 3.05) is 0 Å². The smallest absolute Gasteiger partial charge is 0.133 e. The fourth-order valence-corrected chi connectivity index (χ4v) is 0.150. The fraction of sp³-hybridized carbons (Fsp3) is 0. The lowest BCUT2D eigenvalue weighted by molar-refractivity contribution is -0.111. The molecule has 0 aromatic rings. The van der Waals surface area contributed by atoms with Crippen LogP contribution >= 0.6 is 0 Å². The largest absolute Gasteiger partial charge is 0.346 e. The Morgan fingerprint density at radius 3 is 2.67 bits per heavy atom. The van der Waals surface area contributed by atoms with E-state index in [0.29, 0.717) is 0 Å². The van der Waals surface area contributed by atoms with E-state index in [1.807, 2.05) is 6.21 Å². The van der Waals surface area contributed by atoms with E-state index in [0.717, 1.165) is 0 Å². The van der Waals surface area contributed by atoms with E-state index in [1.54, 1.807) is 0 Å². The maximum atomic E-state index is 9.78. The third-order valence-electron chi connectivity index (χ3n) is 0.326. The van der Waals surface area contributed by atoms with E-state index in [-0.39, 0.29) is 0 Å². The third kappa shape index (κ3) is 0.314. The van der Waals surface area contributed by atoms with Crippen molar-refractivity contribution < 1.29 is 4.79 Å². The van der Waals surface area contributed by atoms with Crippen molar-refractivity contribution >= 4 is 12.1 Å². The number of nitrogens with zero attached hydrogens (tertiary/aromatic N) is 3. The van der Waals surface area contributed by atoms with Gasteiger partial charge in [-0.2, -0.15) is 0 Å². The van der Waals surface area contributed by atoms with Crippen LogP contribution in [0.2, 0.25) is 0 Å². The molecule has 0 spiro atoms. The van der Waals surface area contributed by atoms with Crippen LogP contribution in [0.4, 0.5) is 0 Å². The predicted molar refractivity (Wildman–Crippen MR) is 17.3 cm³/mol. The average molecular weight is 82.0 g/mol. The zero-order valence-electron chi connectivity index (χ0n) is 2.75. The first kappa shape index (κ1) is 3.14. The molecule has 0 fully saturated rings. The summed E-state index contributed by atoms with van der Waals surface area (Å²) in [4.78, 5) is 9.78. The van der Waals surface area contributed by atoms with Crippen LogP contribution in [-0.2, 0) is 4.79 Å². The summed E-state index contributed by atoms with van der Waals surface area (Å²) in [6.45, 7) is 0. The van der Waals surface area contributed by atoms with Crippen molar-refractivity contribution in [2.45, 2.75) is 0 Å². The van der Waals surface area contributed by atoms with Gasteiger partial charge in [-0.3, -0.25) is 6.21 Å². The Hall–Kier alpha value is -1.06. The molecule has 1 aliphatic heterocycles. The zero-order chi connectivity index (χ0) is 4.41. The van der Waals surface area contributed by atoms with Crippen molar-refractivity contribution in [3.63, 3.8) is 0 Å². The van der Waals surface area contributed by atoms with Gasteiger partial charge in [-0.15, -0.1) is 5.11 Å². The summed E-state index contributed by atoms with van der Waals surface area (Å²) in [6.07, 6.45) is 1.97. The minimum absolute atomic E-state index is 0.505. The molecule has 0 saturated heterocycles. The van der Waals surface area contributed by atoms with E-state index in [4.69, 9.17) is 0 Å². The Bertz CT molecular complexity index is 111. The first-order chi connectivity index (χ1) is 2.89. The van der Waals surface area contributed by atoms with Crippen LogP contribution in [0, 0.1) is 0 Å². The van der Waals surface area contributed by atoms with E-state index in [2.05, 4.69) is 15.4 Å². The summed E-state index contributed by atoms with van der Waals surface area (Å²) in [6, 6.07) is 0. The van der Waals surface area contributed by atoms with Crippen molar-refractivity contribution in [1.29, 1.82) is 0 Å². The van der Waals surface area contributed by atoms with Gasteiger partial charge in [-0.25, -0.2) is 0 Å². The number of hydrogen-bond acceptors (Lipinski definition) is 3. The Morgan fingerprint density at radius 2 is 2.50 bits per heavy atom. The summed E-state index contributed by atoms with van der Waals surface area (Å²) in [5, 5.41) is 8.92. The van der Waals surface area contributed by atoms with Gasteiger partial charge in [0.05, 0.1) is 0 Å². The molecule has 4 heteroatoms. The molecule has 0 atom stereocenters. The second kappa shape index (κ2) is 0.965. The monoisotopic (exact) mass is 82.0 g/mol. The lowest BCUT2D eigenvalue weighted by Crippen LogP contribution is -1.84. The first-order valence-electron chi connectivity index (χ1n) is 1.30. The summed E-state index contributed by atoms with van der Waals surface area (Å²) < 4.78 is 0. The molecule has 4 nitrogen and oxygen atoms in total. The van der Waals surface area contributed by atoms with Gasteiger partial charge in [0.1, 0.15) is 5.91 Å². The molecule has 1 heterocycles. The molecule has 0 aliphatic carbocycles. The molecule has 1 aliphatic rings. The van der Waals surface area contributed by atoms with Crippen LogP contribution in [-0.4, -0.2) is 12.1 Å². The number of carbonyl (C=O) groups excluding carboxylic acids is 1. The number of rotatable bonds is 0. The Labute approximate surface area is 33.6 Å². The number of hydrogen-bond donors (Lipinski definition) is 0. The van der Waals surface area contributed by atoms with Crippen LogP contribution < -0.4 is 0 Å². The van der Waals surface area contributed by atoms with Gasteiger partial charge in [-0.1, -0.05) is 5.22 Å². The molecular weight excluding hydrogens is 82.0 g/mol. The quantitative estimate of drug-likeness (QED) is 0.374. The maximum Gasteiger partial charge on any atom is 0.133 e. The maximum absolute atomic E-state index is 9.78. The van der Waals surface area contributed by atoms with Crippen molar-refractivity contribution in [3.8, 4) is 0 Å². The van der Waals surface area contributed by atoms with Gasteiger partial charge in [0, 0.05) is 0 Å². The summed E-state index contributed by atoms with van der Waals surface area (Å²) in [7, 11) is 0. The molecule has 30 valence electrons. The minimum Gasteiger partial charge on any atom is -0.346 e. The van der Waals surface area contributed by atoms with Crippen molar-refractivity contribution in [2.24, 2.45) is 15.4 Å². The Kier molecular flexibility index (Phi) is 0.506. The molecule has 0 N–H and O–H groups in total. The van der Waals surface area contributed by atoms with Crippen LogP contribution in [0.3, 0.4) is 0 Å². The molecule has 1 amide bonds. The molecule has 6 heavy (non-hydrogen) atoms. The van der Waals surface area contributed by atoms with E-state index in [9.17, 15) is 4.79 Å². The van der Waals surface area contributed by atoms with Gasteiger partial charge in [-0.05, 0) is 0 Å². The zero-order valence-corrected chi connectivity index (χ0v) is 2.75. The van der Waals surface area contributed by atoms with E-state index < -0.39 is 5.91 Å². The highest BCUT2D eigenvalue weighted by atomic mass is 16.2. The SMILES string of the molecule is O=C1[C-]=NN=N1. The first-order valence-corrected chi connectivity index (χ1v) is 1.30. The summed E-state index contributed by atoms with van der Waals surface area (Å²) >= 11 is 0. The second-order valence-electron chi connectivity index (χ2n) is 0.706. The molecular formula is C2N3O-. The minimum atomic E-state index is -0.505. The molecule has 1 rings (SSSR count). The van der Waals surface area contributed by atoms with Gasteiger partial charge >= 0.3 is 0 Å². The number of amides is 1. The van der Waals surface area contributed by atoms with Gasteiger partial charge in [0.25, 0.3) is 0 Å². The molecule has 0 bridgehead atoms. The lowest BCUT2D eigenvalue weighted by Gasteiger charge is -1.74. The molecule has 0 radical (unpaired) electrons. The molecule has 0 aromatic heterocycles. The standard InChI is InChI=1S/C2N3O/c6-2-1-3-5-4-2/q-1. The lowest BCUT2D eigenvalue weighted by atomic mass is 10.7. The van der Waals surface area contributed by atoms with Gasteiger partial charge < -0.3 is 9.90 Å². The molecule has 0 saturated carbocycles. The third-order valence-corrected chi connectivity index (χ3v) is 0.326. The average Bonchev–Trinajstić information content (AvgIpc) is 1.86. The van der Waals surface area contributed by atoms with Gasteiger partial charge in [0.2, 0.25) is 0 Å². The Balaban J connectivity index is 2.86. The normalized spacial score (nSPS) is 17.0. The van der Waals surface area contributed by atoms with Crippen LogP contribution in [0.5, 0.6) is 0 Å². The van der Waals surface area contributed by atoms with Crippen LogP contribution in [0.15, 0.2) is 15.4 Å². The number of carbonyl (C=O) groups is 1. The van der Waals surface area contributed by atoms with Crippen LogP contribution in [0.25, 0.3) is 0 Å². The van der Waals surface area contributed by atoms with E-state index >= 15 is 0 Å². The fourth-order valence-electron chi connectivity index (χ4n) is 0.150. The van der Waals surface area contributed by atoms with Gasteiger partial charge in [0.15, 0.2) is 0 Å². The van der Waals surface area contributed by atoms with Crippen molar-refractivity contribution in [3.05, 3.63) is 0 Å². The summed E-state index contributed by atoms with van der Waals surface area (Å²) in [5.74, 6) is -0.505. The van der Waals surface area contributed by atoms with Crippen molar-refractivity contribution in [1.82, 2.24) is 0 Å². The molecule has 0 aromatic carbocycles. The molecule has 0 unspecified atom stereocenters. The predicted octanol–water partition coefficient (Wildman–Crippen LogP) is -0.158. The highest BCUT2D eigenvalue weighted by Gasteiger charge is 1.76. The highest BCUT2D eigenvalue weighted by molar-refractivity contribution is 6.27. The highest BCUT2D eigenvalue weighted by Crippen LogP contribution is 1.83. The topological polar surface area (TPSA) is 54.1 Å². The second-order valence-corrected chi connectivity index (χ2v) is 0.706. The summed E-state index contributed by atoms with van der Waals surface area (Å²) in [5.41, 5.74) is 0.